The lowest BCUT2D eigenvalue weighted by Crippen LogP contribution is -2.95. The third kappa shape index (κ3) is 4.70. The van der Waals surface area contributed by atoms with E-state index in [0.717, 1.165) is 0 Å². The zero-order valence-corrected chi connectivity index (χ0v) is 37.8. The van der Waals surface area contributed by atoms with Gasteiger partial charge in [0.05, 0.1) is 7.11 Å². The third-order valence-electron chi connectivity index (χ3n) is 14.7. The zero-order valence-electron chi connectivity index (χ0n) is 27.8. The summed E-state index contributed by atoms with van der Waals surface area (Å²) in [6.07, 6.45) is 0. The first kappa shape index (κ1) is 36.1. The molecule has 12 heteroatoms. The molecule has 0 rings (SSSR count). The molecule has 0 aromatic carbocycles. The first-order chi connectivity index (χ1) is 14.4. The minimum atomic E-state index is -2.14. The van der Waals surface area contributed by atoms with E-state index in [1.807, 2.05) is 14.2 Å². The summed E-state index contributed by atoms with van der Waals surface area (Å²) in [7, 11) is -11.0. The van der Waals surface area contributed by atoms with Crippen molar-refractivity contribution in [3.05, 3.63) is 0 Å². The van der Waals surface area contributed by atoms with Gasteiger partial charge in [-0.05, 0) is 6.55 Å². The molecule has 0 N–H and O–H groups in total. The van der Waals surface area contributed by atoms with Gasteiger partial charge in [-0.15, -0.1) is 0 Å². The average Bonchev–Trinajstić information content (AvgIpc) is 2.64. The Kier molecular flexibility index (Phi) is 10.5. The van der Waals surface area contributed by atoms with Crippen LogP contribution >= 0.6 is 0 Å². The molecule has 2 nitrogen and oxygen atoms in total. The molecule has 0 aliphatic rings. The SMILES string of the molecule is CO[Si](C)(OC)[Si](C)(C)[Si](C)(C)[Si](C)(C)[Si](C)(C)[Si](C)(C)[Si](C)(C)[Si](C)(C)[Si](C)(C)[Si](C)(C)C. The predicted molar refractivity (Wildman–Crippen MR) is 189 cm³/mol. The lowest BCUT2D eigenvalue weighted by molar-refractivity contribution is 0.270. The molecule has 0 aromatic heterocycles. The highest BCUT2D eigenvalue weighted by Crippen LogP contribution is 2.47. The van der Waals surface area contributed by atoms with Gasteiger partial charge in [-0.3, -0.25) is 0 Å². The maximum absolute atomic E-state index is 6.32. The van der Waals surface area contributed by atoms with Gasteiger partial charge in [0.25, 0.3) is 0 Å². The van der Waals surface area contributed by atoms with Crippen LogP contribution < -0.4 is 0 Å². The summed E-state index contributed by atoms with van der Waals surface area (Å²) < 4.78 is 12.6. The second-order valence-electron chi connectivity index (χ2n) is 16.6. The van der Waals surface area contributed by atoms with Crippen LogP contribution in [0, 0.1) is 0 Å². The molecule has 0 saturated heterocycles. The number of hydrogen-bond acceptors (Lipinski definition) is 2. The van der Waals surface area contributed by atoms with Gasteiger partial charge in [-0.25, -0.2) is 0 Å². The summed E-state index contributed by atoms with van der Waals surface area (Å²) in [5.41, 5.74) is 0. The van der Waals surface area contributed by atoms with Crippen LogP contribution in [0.3, 0.4) is 0 Å². The first-order valence-corrected chi connectivity index (χ1v) is 52.3. The van der Waals surface area contributed by atoms with E-state index in [0.29, 0.717) is 0 Å². The molecule has 0 bridgehead atoms. The van der Waals surface area contributed by atoms with Crippen molar-refractivity contribution in [1.82, 2.24) is 0 Å². The molecule has 34 heavy (non-hydrogen) atoms. The quantitative estimate of drug-likeness (QED) is 0.212. The van der Waals surface area contributed by atoms with Crippen LogP contribution in [0.25, 0.3) is 0 Å². The summed E-state index contributed by atoms with van der Waals surface area (Å²) in [6.45, 7) is 56.3. The highest BCUT2D eigenvalue weighted by molar-refractivity contribution is 8.06. The molecule has 0 unspecified atom stereocenters. The van der Waals surface area contributed by atoms with Crippen LogP contribution in [0.15, 0.2) is 0 Å². The Labute approximate surface area is 225 Å². The van der Waals surface area contributed by atoms with E-state index in [9.17, 15) is 0 Å². The van der Waals surface area contributed by atoms with Crippen molar-refractivity contribution >= 4 is 72.5 Å². The van der Waals surface area contributed by atoms with Gasteiger partial charge in [-0.1, -0.05) is 124 Å². The van der Waals surface area contributed by atoms with Crippen molar-refractivity contribution in [3.8, 4) is 0 Å². The van der Waals surface area contributed by atoms with Gasteiger partial charge in [0.2, 0.25) is 0 Å². The number of rotatable bonds is 11. The largest absolute Gasteiger partial charge is 0.400 e. The molecular weight excluding hydrogens is 577 g/mol. The second kappa shape index (κ2) is 9.93. The fourth-order valence-electron chi connectivity index (χ4n) is 6.79. The molecular formula is C22H66O2Si10. The van der Waals surface area contributed by atoms with E-state index in [4.69, 9.17) is 8.85 Å². The van der Waals surface area contributed by atoms with E-state index in [2.05, 4.69) is 131 Å². The van der Waals surface area contributed by atoms with Crippen molar-refractivity contribution in [2.75, 3.05) is 14.2 Å². The fraction of sp³-hybridized carbons (Fsp3) is 1.00. The third-order valence-corrected chi connectivity index (χ3v) is 234. The topological polar surface area (TPSA) is 18.5 Å². The van der Waals surface area contributed by atoms with Crippen molar-refractivity contribution in [3.63, 3.8) is 0 Å². The van der Waals surface area contributed by atoms with Crippen LogP contribution in [0.5, 0.6) is 0 Å². The minimum absolute atomic E-state index is 1.14. The molecule has 0 atom stereocenters. The van der Waals surface area contributed by atoms with Crippen molar-refractivity contribution < 1.29 is 8.85 Å². The molecule has 0 radical (unpaired) electrons. The highest BCUT2D eigenvalue weighted by Gasteiger charge is 2.72. The van der Waals surface area contributed by atoms with Crippen molar-refractivity contribution in [2.24, 2.45) is 0 Å². The summed E-state index contributed by atoms with van der Waals surface area (Å²) in [5.74, 6) is 0. The maximum Gasteiger partial charge on any atom is 0.309 e. The number of hydrogen-bond donors (Lipinski definition) is 0. The van der Waals surface area contributed by atoms with Gasteiger partial charge >= 0.3 is 8.08 Å². The lowest BCUT2D eigenvalue weighted by atomic mass is 11.8. The standard InChI is InChI=1S/C22H66O2Si10/c1-23-34(22,24-2)33(20,21)32(18,19)31(16,17)30(14,15)29(12,13)28(10,11)27(8,9)26(6,7)25(3,4)5/h1-22H3. The highest BCUT2D eigenvalue weighted by atomic mass is 30.1. The molecule has 0 saturated carbocycles. The summed E-state index contributed by atoms with van der Waals surface area (Å²) >= 11 is 0. The summed E-state index contributed by atoms with van der Waals surface area (Å²) in [6, 6.07) is 0. The summed E-state index contributed by atoms with van der Waals surface area (Å²) in [5, 5.41) is 0. The second-order valence-corrected chi connectivity index (χ2v) is 129. The van der Waals surface area contributed by atoms with Gasteiger partial charge in [-0.2, -0.15) is 0 Å². The molecule has 206 valence electrons. The Balaban J connectivity index is 7.08. The van der Waals surface area contributed by atoms with Crippen molar-refractivity contribution in [2.45, 2.75) is 131 Å². The Morgan fingerprint density at radius 3 is 0.618 bits per heavy atom. The zero-order chi connectivity index (χ0) is 28.4. The fourth-order valence-corrected chi connectivity index (χ4v) is 312. The smallest absolute Gasteiger partial charge is 0.309 e. The van der Waals surface area contributed by atoms with E-state index < -0.39 is 72.5 Å². The molecule has 0 spiro atoms. The molecule has 0 aliphatic carbocycles. The van der Waals surface area contributed by atoms with Crippen molar-refractivity contribution in [1.29, 1.82) is 0 Å². The van der Waals surface area contributed by atoms with Crippen LogP contribution in [0.2, 0.25) is 131 Å². The van der Waals surface area contributed by atoms with E-state index in [1.54, 1.807) is 0 Å². The van der Waals surface area contributed by atoms with Gasteiger partial charge < -0.3 is 8.85 Å². The summed E-state index contributed by atoms with van der Waals surface area (Å²) in [4.78, 5) is 0. The predicted octanol–water partition coefficient (Wildman–Crippen LogP) is 8.06. The lowest BCUT2D eigenvalue weighted by Gasteiger charge is -2.67. The van der Waals surface area contributed by atoms with Crippen LogP contribution in [0.1, 0.15) is 0 Å². The van der Waals surface area contributed by atoms with Gasteiger partial charge in [0.15, 0.2) is 0 Å². The van der Waals surface area contributed by atoms with Crippen LogP contribution in [0.4, 0.5) is 0 Å². The van der Waals surface area contributed by atoms with Gasteiger partial charge in [0.1, 0.15) is 0 Å². The molecule has 0 fully saturated rings. The molecule has 0 amide bonds. The maximum atomic E-state index is 6.32. The van der Waals surface area contributed by atoms with Crippen LogP contribution in [-0.2, 0) is 8.85 Å². The molecule has 0 aliphatic heterocycles. The van der Waals surface area contributed by atoms with E-state index >= 15 is 0 Å². The Morgan fingerprint density at radius 2 is 0.441 bits per heavy atom. The van der Waals surface area contributed by atoms with E-state index in [-0.39, 0.29) is 0 Å². The first-order valence-electron chi connectivity index (χ1n) is 13.5. The van der Waals surface area contributed by atoms with Crippen LogP contribution in [-0.4, -0.2) is 86.8 Å². The average molecular weight is 644 g/mol. The van der Waals surface area contributed by atoms with E-state index in [1.165, 1.54) is 0 Å². The molecule has 0 heterocycles. The molecule has 0 aromatic rings. The minimum Gasteiger partial charge on any atom is -0.400 e. The Hall–Kier alpha value is 2.09. The Bertz CT molecular complexity index is 730. The normalized spacial score (nSPS) is 16.8. The van der Waals surface area contributed by atoms with Gasteiger partial charge in [0, 0.05) is 71.6 Å². The Morgan fingerprint density at radius 1 is 0.265 bits per heavy atom. The monoisotopic (exact) mass is 642 g/mol.